The SMILES string of the molecule is CC(C)CNC(=O)[C@H](C)N(Cc1cccc(Cl)c1)C(=O)CN(c1ccc(F)c(Cl)c1)S(C)(=O)=O. The molecule has 1 atom stereocenters. The normalized spacial score (nSPS) is 12.4. The molecule has 0 fully saturated rings. The number of hydrogen-bond donors (Lipinski definition) is 1. The topological polar surface area (TPSA) is 86.8 Å². The lowest BCUT2D eigenvalue weighted by Gasteiger charge is -2.31. The third kappa shape index (κ3) is 7.85. The number of amides is 2. The summed E-state index contributed by atoms with van der Waals surface area (Å²) in [6.45, 7) is 5.29. The number of carbonyl (C=O) groups is 2. The van der Waals surface area contributed by atoms with Crippen LogP contribution in [0, 0.1) is 11.7 Å². The van der Waals surface area contributed by atoms with E-state index in [1.54, 1.807) is 31.2 Å². The van der Waals surface area contributed by atoms with Crippen LogP contribution < -0.4 is 9.62 Å². The molecule has 34 heavy (non-hydrogen) atoms. The molecule has 7 nitrogen and oxygen atoms in total. The fourth-order valence-corrected chi connectivity index (χ4v) is 4.35. The zero-order chi connectivity index (χ0) is 25.6. The van der Waals surface area contributed by atoms with Gasteiger partial charge in [0.1, 0.15) is 18.4 Å². The van der Waals surface area contributed by atoms with Crippen molar-refractivity contribution in [3.63, 3.8) is 0 Å². The molecule has 0 aromatic heterocycles. The van der Waals surface area contributed by atoms with E-state index in [4.69, 9.17) is 23.2 Å². The van der Waals surface area contributed by atoms with Crippen LogP contribution in [-0.2, 0) is 26.2 Å². The van der Waals surface area contributed by atoms with Crippen LogP contribution >= 0.6 is 23.2 Å². The number of nitrogens with zero attached hydrogens (tertiary/aromatic N) is 2. The molecule has 0 unspecified atom stereocenters. The minimum Gasteiger partial charge on any atom is -0.354 e. The number of anilines is 1. The molecule has 0 heterocycles. The van der Waals surface area contributed by atoms with Crippen molar-refractivity contribution in [2.24, 2.45) is 5.92 Å². The van der Waals surface area contributed by atoms with E-state index in [9.17, 15) is 22.4 Å². The fourth-order valence-electron chi connectivity index (χ4n) is 3.12. The molecule has 0 radical (unpaired) electrons. The van der Waals surface area contributed by atoms with Crippen molar-refractivity contribution >= 4 is 50.7 Å². The molecule has 186 valence electrons. The summed E-state index contributed by atoms with van der Waals surface area (Å²) in [5.41, 5.74) is 0.696. The van der Waals surface area contributed by atoms with Gasteiger partial charge in [-0.05, 0) is 48.7 Å². The van der Waals surface area contributed by atoms with Crippen LogP contribution in [0.15, 0.2) is 42.5 Å². The number of nitrogens with one attached hydrogen (secondary N) is 1. The van der Waals surface area contributed by atoms with Gasteiger partial charge < -0.3 is 10.2 Å². The Balaban J connectivity index is 2.39. The number of benzene rings is 2. The highest BCUT2D eigenvalue weighted by molar-refractivity contribution is 7.92. The van der Waals surface area contributed by atoms with Gasteiger partial charge in [-0.1, -0.05) is 49.2 Å². The van der Waals surface area contributed by atoms with Crippen LogP contribution in [0.5, 0.6) is 0 Å². The van der Waals surface area contributed by atoms with Crippen molar-refractivity contribution in [2.75, 3.05) is 23.7 Å². The quantitative estimate of drug-likeness (QED) is 0.500. The second-order valence-corrected chi connectivity index (χ2v) is 11.1. The zero-order valence-electron chi connectivity index (χ0n) is 19.4. The lowest BCUT2D eigenvalue weighted by Crippen LogP contribution is -2.51. The minimum absolute atomic E-state index is 0.0252. The number of sulfonamides is 1. The second kappa shape index (κ2) is 11.9. The van der Waals surface area contributed by atoms with Gasteiger partial charge in [0.15, 0.2) is 0 Å². The average molecular weight is 532 g/mol. The van der Waals surface area contributed by atoms with E-state index in [-0.39, 0.29) is 29.1 Å². The Hall–Kier alpha value is -2.36. The van der Waals surface area contributed by atoms with E-state index in [1.165, 1.54) is 11.0 Å². The van der Waals surface area contributed by atoms with Crippen molar-refractivity contribution in [3.8, 4) is 0 Å². The Morgan fingerprint density at radius 2 is 1.76 bits per heavy atom. The Bertz CT molecular complexity index is 1140. The first-order valence-electron chi connectivity index (χ1n) is 10.5. The van der Waals surface area contributed by atoms with E-state index in [0.29, 0.717) is 17.1 Å². The summed E-state index contributed by atoms with van der Waals surface area (Å²) in [7, 11) is -3.94. The molecule has 2 rings (SSSR count). The molecule has 0 aliphatic rings. The maximum Gasteiger partial charge on any atom is 0.244 e. The van der Waals surface area contributed by atoms with Crippen LogP contribution in [-0.4, -0.2) is 50.5 Å². The molecule has 0 saturated carbocycles. The Morgan fingerprint density at radius 3 is 2.32 bits per heavy atom. The number of carbonyl (C=O) groups excluding carboxylic acids is 2. The average Bonchev–Trinajstić information content (AvgIpc) is 2.74. The number of hydrogen-bond acceptors (Lipinski definition) is 4. The van der Waals surface area contributed by atoms with Crippen molar-refractivity contribution in [1.82, 2.24) is 10.2 Å². The van der Waals surface area contributed by atoms with Crippen LogP contribution in [0.1, 0.15) is 26.3 Å². The molecule has 0 aliphatic carbocycles. The lowest BCUT2D eigenvalue weighted by atomic mass is 10.1. The third-order valence-corrected chi connectivity index (χ3v) is 6.63. The second-order valence-electron chi connectivity index (χ2n) is 8.33. The Morgan fingerprint density at radius 1 is 1.09 bits per heavy atom. The highest BCUT2D eigenvalue weighted by atomic mass is 35.5. The third-order valence-electron chi connectivity index (χ3n) is 4.96. The first-order valence-corrected chi connectivity index (χ1v) is 13.1. The maximum absolute atomic E-state index is 13.6. The Labute approximate surface area is 209 Å². The van der Waals surface area contributed by atoms with Crippen molar-refractivity contribution < 1.29 is 22.4 Å². The van der Waals surface area contributed by atoms with Gasteiger partial charge in [0.05, 0.1) is 17.0 Å². The lowest BCUT2D eigenvalue weighted by molar-refractivity contribution is -0.139. The molecule has 0 aliphatic heterocycles. The van der Waals surface area contributed by atoms with Crippen molar-refractivity contribution in [3.05, 3.63) is 63.9 Å². The minimum atomic E-state index is -3.94. The smallest absolute Gasteiger partial charge is 0.244 e. The van der Waals surface area contributed by atoms with E-state index >= 15 is 0 Å². The number of rotatable bonds is 10. The molecule has 2 aromatic rings. The highest BCUT2D eigenvalue weighted by Gasteiger charge is 2.30. The summed E-state index contributed by atoms with van der Waals surface area (Å²) in [6.07, 6.45) is 0.928. The number of halogens is 3. The first-order chi connectivity index (χ1) is 15.8. The molecule has 0 spiro atoms. The van der Waals surface area contributed by atoms with E-state index in [0.717, 1.165) is 22.7 Å². The summed E-state index contributed by atoms with van der Waals surface area (Å²) < 4.78 is 39.4. The summed E-state index contributed by atoms with van der Waals surface area (Å²) in [5, 5.41) is 2.97. The van der Waals surface area contributed by atoms with Gasteiger partial charge in [0.2, 0.25) is 21.8 Å². The highest BCUT2D eigenvalue weighted by Crippen LogP contribution is 2.25. The standard InChI is InChI=1S/C23H28Cl2FN3O4S/c1-15(2)12-27-23(31)16(3)28(13-17-6-5-7-18(24)10-17)22(30)14-29(34(4,32)33)19-8-9-21(26)20(25)11-19/h5-11,15-16H,12-14H2,1-4H3,(H,27,31)/t16-/m0/s1. The van der Waals surface area contributed by atoms with Crippen LogP contribution in [0.2, 0.25) is 10.0 Å². The van der Waals surface area contributed by atoms with Crippen molar-refractivity contribution in [1.29, 1.82) is 0 Å². The van der Waals surface area contributed by atoms with Crippen LogP contribution in [0.3, 0.4) is 0 Å². The molecule has 2 aromatic carbocycles. The largest absolute Gasteiger partial charge is 0.354 e. The summed E-state index contributed by atoms with van der Waals surface area (Å²) in [6, 6.07) is 9.27. The van der Waals surface area contributed by atoms with Gasteiger partial charge in [-0.3, -0.25) is 13.9 Å². The zero-order valence-corrected chi connectivity index (χ0v) is 21.7. The molecular weight excluding hydrogens is 504 g/mol. The monoisotopic (exact) mass is 531 g/mol. The fraction of sp³-hybridized carbons (Fsp3) is 0.391. The van der Waals surface area contributed by atoms with Crippen molar-refractivity contribution in [2.45, 2.75) is 33.4 Å². The van der Waals surface area contributed by atoms with Gasteiger partial charge in [-0.15, -0.1) is 0 Å². The summed E-state index contributed by atoms with van der Waals surface area (Å²) in [4.78, 5) is 27.4. The molecule has 0 bridgehead atoms. The molecule has 11 heteroatoms. The molecule has 2 amide bonds. The van der Waals surface area contributed by atoms with Gasteiger partial charge in [0.25, 0.3) is 0 Å². The van der Waals surface area contributed by atoms with Gasteiger partial charge >= 0.3 is 0 Å². The van der Waals surface area contributed by atoms with Gasteiger partial charge in [0, 0.05) is 18.1 Å². The van der Waals surface area contributed by atoms with Gasteiger partial charge in [-0.2, -0.15) is 0 Å². The summed E-state index contributed by atoms with van der Waals surface area (Å²) >= 11 is 11.9. The van der Waals surface area contributed by atoms with E-state index in [1.807, 2.05) is 13.8 Å². The van der Waals surface area contributed by atoms with Gasteiger partial charge in [-0.25, -0.2) is 12.8 Å². The van der Waals surface area contributed by atoms with Crippen LogP contribution in [0.25, 0.3) is 0 Å². The summed E-state index contributed by atoms with van der Waals surface area (Å²) in [5.74, 6) is -1.52. The van der Waals surface area contributed by atoms with Crippen LogP contribution in [0.4, 0.5) is 10.1 Å². The molecule has 1 N–H and O–H groups in total. The first kappa shape index (κ1) is 27.9. The Kier molecular flexibility index (Phi) is 9.73. The van der Waals surface area contributed by atoms with E-state index < -0.39 is 34.3 Å². The predicted octanol–water partition coefficient (Wildman–Crippen LogP) is 4.09. The molecule has 0 saturated heterocycles. The predicted molar refractivity (Wildman–Crippen MR) is 133 cm³/mol. The molecular formula is C23H28Cl2FN3O4S. The van der Waals surface area contributed by atoms with E-state index in [2.05, 4.69) is 5.32 Å². The maximum atomic E-state index is 13.6.